The second kappa shape index (κ2) is 6.27. The average Bonchev–Trinajstić information content (AvgIpc) is 2.85. The SMILES string of the molecule is C[C@@H](Cn1nnc(-c2ccc(F)cn2)n1)N(C(=O)O)C(C)(C)C. The number of hydrogen-bond donors (Lipinski definition) is 1. The second-order valence-electron chi connectivity index (χ2n) is 6.20. The minimum Gasteiger partial charge on any atom is -0.465 e. The minimum absolute atomic E-state index is 0.248. The van der Waals surface area contributed by atoms with E-state index in [2.05, 4.69) is 20.4 Å². The largest absolute Gasteiger partial charge is 0.465 e. The number of tetrazole rings is 1. The van der Waals surface area contributed by atoms with Gasteiger partial charge in [-0.15, -0.1) is 10.2 Å². The zero-order valence-corrected chi connectivity index (χ0v) is 13.4. The number of pyridine rings is 1. The second-order valence-corrected chi connectivity index (χ2v) is 6.20. The van der Waals surface area contributed by atoms with Crippen molar-refractivity contribution in [2.24, 2.45) is 0 Å². The zero-order valence-electron chi connectivity index (χ0n) is 13.4. The van der Waals surface area contributed by atoms with Crippen molar-refractivity contribution in [2.45, 2.75) is 45.8 Å². The van der Waals surface area contributed by atoms with Crippen LogP contribution in [0.25, 0.3) is 11.5 Å². The Labute approximate surface area is 132 Å². The van der Waals surface area contributed by atoms with E-state index in [1.807, 2.05) is 20.8 Å². The summed E-state index contributed by atoms with van der Waals surface area (Å²) in [5, 5.41) is 21.3. The summed E-state index contributed by atoms with van der Waals surface area (Å²) in [6.45, 7) is 7.48. The van der Waals surface area contributed by atoms with Gasteiger partial charge in [0.15, 0.2) is 0 Å². The highest BCUT2D eigenvalue weighted by Gasteiger charge is 2.31. The van der Waals surface area contributed by atoms with Crippen molar-refractivity contribution < 1.29 is 14.3 Å². The first-order valence-electron chi connectivity index (χ1n) is 7.10. The molecule has 2 aromatic rings. The van der Waals surface area contributed by atoms with E-state index in [1.54, 1.807) is 6.92 Å². The maximum atomic E-state index is 12.9. The van der Waals surface area contributed by atoms with Crippen LogP contribution in [0.5, 0.6) is 0 Å². The van der Waals surface area contributed by atoms with Crippen LogP contribution in [0, 0.1) is 5.82 Å². The molecule has 0 aromatic carbocycles. The Balaban J connectivity index is 2.15. The number of halogens is 1. The monoisotopic (exact) mass is 322 g/mol. The molecular weight excluding hydrogens is 303 g/mol. The van der Waals surface area contributed by atoms with E-state index in [4.69, 9.17) is 0 Å². The summed E-state index contributed by atoms with van der Waals surface area (Å²) in [6.07, 6.45) is 0.0651. The number of carboxylic acid groups (broad SMARTS) is 1. The molecule has 2 aromatic heterocycles. The Hall–Kier alpha value is -2.58. The summed E-state index contributed by atoms with van der Waals surface area (Å²) >= 11 is 0. The van der Waals surface area contributed by atoms with E-state index < -0.39 is 17.4 Å². The number of aromatic nitrogens is 5. The molecule has 1 N–H and O–H groups in total. The molecule has 0 saturated carbocycles. The lowest BCUT2D eigenvalue weighted by Gasteiger charge is -2.37. The van der Waals surface area contributed by atoms with Gasteiger partial charge < -0.3 is 5.11 Å². The molecular formula is C14H19FN6O2. The van der Waals surface area contributed by atoms with Gasteiger partial charge in [-0.05, 0) is 45.0 Å². The van der Waals surface area contributed by atoms with Gasteiger partial charge >= 0.3 is 6.09 Å². The number of carbonyl (C=O) groups is 1. The highest BCUT2D eigenvalue weighted by molar-refractivity contribution is 5.66. The van der Waals surface area contributed by atoms with Gasteiger partial charge in [-0.2, -0.15) is 4.80 Å². The fourth-order valence-corrected chi connectivity index (χ4v) is 2.39. The minimum atomic E-state index is -1.01. The van der Waals surface area contributed by atoms with Crippen LogP contribution in [0.3, 0.4) is 0 Å². The Morgan fingerprint density at radius 1 is 1.43 bits per heavy atom. The number of nitrogens with zero attached hydrogens (tertiary/aromatic N) is 6. The molecule has 0 unspecified atom stereocenters. The van der Waals surface area contributed by atoms with E-state index in [0.717, 1.165) is 6.20 Å². The van der Waals surface area contributed by atoms with Crippen LogP contribution in [0.2, 0.25) is 0 Å². The van der Waals surface area contributed by atoms with Crippen molar-refractivity contribution in [3.63, 3.8) is 0 Å². The average molecular weight is 322 g/mol. The maximum absolute atomic E-state index is 12.9. The Kier molecular flexibility index (Phi) is 4.57. The molecule has 124 valence electrons. The molecule has 1 amide bonds. The van der Waals surface area contributed by atoms with E-state index in [9.17, 15) is 14.3 Å². The molecule has 0 aliphatic rings. The quantitative estimate of drug-likeness (QED) is 0.925. The topological polar surface area (TPSA) is 97.0 Å². The summed E-state index contributed by atoms with van der Waals surface area (Å²) in [5.41, 5.74) is -0.149. The van der Waals surface area contributed by atoms with Crippen molar-refractivity contribution in [1.82, 2.24) is 30.1 Å². The van der Waals surface area contributed by atoms with Crippen LogP contribution in [0.4, 0.5) is 9.18 Å². The number of amides is 1. The summed E-state index contributed by atoms with van der Waals surface area (Å²) in [4.78, 5) is 18.0. The first kappa shape index (κ1) is 16.8. The van der Waals surface area contributed by atoms with Crippen molar-refractivity contribution >= 4 is 6.09 Å². The normalized spacial score (nSPS) is 12.9. The third-order valence-corrected chi connectivity index (χ3v) is 3.21. The van der Waals surface area contributed by atoms with Gasteiger partial charge in [-0.25, -0.2) is 14.2 Å². The van der Waals surface area contributed by atoms with Crippen molar-refractivity contribution in [2.75, 3.05) is 0 Å². The summed E-state index contributed by atoms with van der Waals surface area (Å²) in [6, 6.07) is 2.37. The van der Waals surface area contributed by atoms with Gasteiger partial charge in [0.2, 0.25) is 5.82 Å². The Morgan fingerprint density at radius 2 is 2.13 bits per heavy atom. The third-order valence-electron chi connectivity index (χ3n) is 3.21. The highest BCUT2D eigenvalue weighted by atomic mass is 19.1. The van der Waals surface area contributed by atoms with Crippen LogP contribution in [0.1, 0.15) is 27.7 Å². The van der Waals surface area contributed by atoms with Crippen molar-refractivity contribution in [1.29, 1.82) is 0 Å². The van der Waals surface area contributed by atoms with Gasteiger partial charge in [0.05, 0.1) is 18.8 Å². The van der Waals surface area contributed by atoms with Crippen molar-refractivity contribution in [3.8, 4) is 11.5 Å². The smallest absolute Gasteiger partial charge is 0.408 e. The predicted molar refractivity (Wildman–Crippen MR) is 80.1 cm³/mol. The van der Waals surface area contributed by atoms with E-state index in [-0.39, 0.29) is 18.4 Å². The highest BCUT2D eigenvalue weighted by Crippen LogP contribution is 2.18. The number of rotatable bonds is 4. The van der Waals surface area contributed by atoms with Gasteiger partial charge in [0.1, 0.15) is 11.5 Å². The zero-order chi connectivity index (χ0) is 17.2. The van der Waals surface area contributed by atoms with E-state index in [0.29, 0.717) is 5.69 Å². The predicted octanol–water partition coefficient (Wildman–Crippen LogP) is 2.04. The standard InChI is InChI=1S/C14H19FN6O2/c1-9(21(13(22)23)14(2,3)4)8-20-18-12(17-19-20)11-6-5-10(15)7-16-11/h5-7,9H,8H2,1-4H3,(H,22,23)/t9-/m0/s1. The van der Waals surface area contributed by atoms with Crippen LogP contribution in [0.15, 0.2) is 18.3 Å². The fourth-order valence-electron chi connectivity index (χ4n) is 2.39. The van der Waals surface area contributed by atoms with Gasteiger partial charge in [0.25, 0.3) is 0 Å². The summed E-state index contributed by atoms with van der Waals surface area (Å²) in [7, 11) is 0. The first-order valence-corrected chi connectivity index (χ1v) is 7.10. The molecule has 9 heteroatoms. The lowest BCUT2D eigenvalue weighted by molar-refractivity contribution is 0.0673. The van der Waals surface area contributed by atoms with E-state index in [1.165, 1.54) is 21.8 Å². The van der Waals surface area contributed by atoms with Crippen LogP contribution < -0.4 is 0 Å². The molecule has 0 aliphatic heterocycles. The molecule has 2 rings (SSSR count). The van der Waals surface area contributed by atoms with E-state index >= 15 is 0 Å². The molecule has 0 aliphatic carbocycles. The Bertz CT molecular complexity index is 679. The maximum Gasteiger partial charge on any atom is 0.408 e. The molecule has 8 nitrogen and oxygen atoms in total. The number of hydrogen-bond acceptors (Lipinski definition) is 5. The lowest BCUT2D eigenvalue weighted by Crippen LogP contribution is -2.51. The summed E-state index contributed by atoms with van der Waals surface area (Å²) < 4.78 is 12.9. The van der Waals surface area contributed by atoms with Crippen LogP contribution >= 0.6 is 0 Å². The molecule has 2 heterocycles. The van der Waals surface area contributed by atoms with Gasteiger partial charge in [-0.3, -0.25) is 4.90 Å². The molecule has 0 bridgehead atoms. The molecule has 0 spiro atoms. The summed E-state index contributed by atoms with van der Waals surface area (Å²) in [5.74, 6) is -0.188. The first-order chi connectivity index (χ1) is 10.7. The lowest BCUT2D eigenvalue weighted by atomic mass is 10.0. The van der Waals surface area contributed by atoms with Crippen molar-refractivity contribution in [3.05, 3.63) is 24.1 Å². The van der Waals surface area contributed by atoms with Gasteiger partial charge in [-0.1, -0.05) is 0 Å². The third kappa shape index (κ3) is 3.99. The van der Waals surface area contributed by atoms with Crippen LogP contribution in [-0.2, 0) is 6.54 Å². The molecule has 1 atom stereocenters. The molecule has 23 heavy (non-hydrogen) atoms. The Morgan fingerprint density at radius 3 is 2.65 bits per heavy atom. The molecule has 0 fully saturated rings. The molecule has 0 radical (unpaired) electrons. The molecule has 0 saturated heterocycles. The van der Waals surface area contributed by atoms with Gasteiger partial charge in [0, 0.05) is 5.54 Å². The van der Waals surface area contributed by atoms with Crippen LogP contribution in [-0.4, -0.2) is 52.9 Å². The fraction of sp³-hybridized carbons (Fsp3) is 0.500.